The Bertz CT molecular complexity index is 509. The van der Waals surface area contributed by atoms with Gasteiger partial charge in [-0.2, -0.15) is 0 Å². The molecule has 0 unspecified atom stereocenters. The lowest BCUT2D eigenvalue weighted by molar-refractivity contribution is 0.0965. The molecule has 0 radical (unpaired) electrons. The first-order valence-electron chi connectivity index (χ1n) is 5.49. The zero-order valence-corrected chi connectivity index (χ0v) is 10.2. The molecule has 0 saturated carbocycles. The number of amides is 1. The topological polar surface area (TPSA) is 33.5 Å². The lowest BCUT2D eigenvalue weighted by Crippen LogP contribution is -2.25. The number of aryl methyl sites for hydroxylation is 2. The molecule has 2 aromatic rings. The average Bonchev–Trinajstić information content (AvgIpc) is 2.69. The quantitative estimate of drug-likeness (QED) is 0.792. The number of anilines is 1. The first-order valence-corrected chi connectivity index (χ1v) is 5.49. The molecule has 0 aliphatic carbocycles. The van der Waals surface area contributed by atoms with E-state index in [9.17, 15) is 4.79 Å². The van der Waals surface area contributed by atoms with Gasteiger partial charge in [-0.05, 0) is 37.6 Å². The molecule has 0 spiro atoms. The van der Waals surface area contributed by atoms with Crippen LogP contribution < -0.4 is 4.90 Å². The molecule has 88 valence electrons. The Morgan fingerprint density at radius 3 is 2.35 bits per heavy atom. The first kappa shape index (κ1) is 11.5. The van der Waals surface area contributed by atoms with Crippen LogP contribution in [-0.2, 0) is 0 Å². The second kappa shape index (κ2) is 4.45. The Balaban J connectivity index is 2.26. The maximum atomic E-state index is 12.1. The molecule has 0 bridgehead atoms. The van der Waals surface area contributed by atoms with Crippen LogP contribution in [0.2, 0.25) is 0 Å². The molecule has 1 heterocycles. The molecule has 0 aliphatic rings. The van der Waals surface area contributed by atoms with E-state index in [4.69, 9.17) is 4.42 Å². The van der Waals surface area contributed by atoms with E-state index in [0.717, 1.165) is 17.0 Å². The van der Waals surface area contributed by atoms with Crippen LogP contribution in [0.25, 0.3) is 0 Å². The van der Waals surface area contributed by atoms with Gasteiger partial charge >= 0.3 is 0 Å². The van der Waals surface area contributed by atoms with Crippen molar-refractivity contribution < 1.29 is 9.21 Å². The van der Waals surface area contributed by atoms with Crippen molar-refractivity contribution >= 4 is 11.6 Å². The van der Waals surface area contributed by atoms with Gasteiger partial charge in [0.2, 0.25) is 0 Å². The van der Waals surface area contributed by atoms with Gasteiger partial charge in [0.1, 0.15) is 5.76 Å². The maximum Gasteiger partial charge on any atom is 0.293 e. The second-order valence-electron chi connectivity index (χ2n) is 4.05. The molecule has 0 N–H and O–H groups in total. The van der Waals surface area contributed by atoms with Crippen molar-refractivity contribution in [3.8, 4) is 0 Å². The van der Waals surface area contributed by atoms with Crippen LogP contribution in [0.3, 0.4) is 0 Å². The summed E-state index contributed by atoms with van der Waals surface area (Å²) in [7, 11) is 1.74. The summed E-state index contributed by atoms with van der Waals surface area (Å²) in [5.74, 6) is 1.04. The van der Waals surface area contributed by atoms with Crippen molar-refractivity contribution in [2.24, 2.45) is 0 Å². The van der Waals surface area contributed by atoms with E-state index in [0.29, 0.717) is 5.76 Å². The predicted molar refractivity (Wildman–Crippen MR) is 67.4 cm³/mol. The summed E-state index contributed by atoms with van der Waals surface area (Å²) in [4.78, 5) is 13.7. The van der Waals surface area contributed by atoms with E-state index in [1.807, 2.05) is 44.2 Å². The Hall–Kier alpha value is -2.03. The molecule has 2 rings (SSSR count). The number of carbonyl (C=O) groups excluding carboxylic acids is 1. The SMILES string of the molecule is Cc1cc(C(=O)N(C)c2ccccc2)oc1C. The summed E-state index contributed by atoms with van der Waals surface area (Å²) in [5.41, 5.74) is 1.85. The number of para-hydroxylation sites is 1. The van der Waals surface area contributed by atoms with Gasteiger partial charge in [-0.1, -0.05) is 18.2 Å². The predicted octanol–water partition coefficient (Wildman–Crippen LogP) is 3.17. The number of furan rings is 1. The number of carbonyl (C=O) groups is 1. The highest BCUT2D eigenvalue weighted by molar-refractivity contribution is 6.03. The van der Waals surface area contributed by atoms with E-state index in [1.54, 1.807) is 18.0 Å². The van der Waals surface area contributed by atoms with Crippen molar-refractivity contribution in [1.82, 2.24) is 0 Å². The fourth-order valence-electron chi connectivity index (χ4n) is 1.61. The standard InChI is InChI=1S/C14H15NO2/c1-10-9-13(17-11(10)2)14(16)15(3)12-7-5-4-6-8-12/h4-9H,1-3H3. The monoisotopic (exact) mass is 229 g/mol. The highest BCUT2D eigenvalue weighted by atomic mass is 16.4. The van der Waals surface area contributed by atoms with Crippen LogP contribution in [-0.4, -0.2) is 13.0 Å². The third-order valence-corrected chi connectivity index (χ3v) is 2.82. The van der Waals surface area contributed by atoms with Gasteiger partial charge in [0.15, 0.2) is 5.76 Å². The van der Waals surface area contributed by atoms with Crippen LogP contribution in [0, 0.1) is 13.8 Å². The molecular formula is C14H15NO2. The molecule has 1 aromatic carbocycles. The molecule has 0 aliphatic heterocycles. The molecule has 1 aromatic heterocycles. The number of rotatable bonds is 2. The molecular weight excluding hydrogens is 214 g/mol. The van der Waals surface area contributed by atoms with Crippen molar-refractivity contribution in [3.63, 3.8) is 0 Å². The van der Waals surface area contributed by atoms with Crippen LogP contribution >= 0.6 is 0 Å². The highest BCUT2D eigenvalue weighted by Gasteiger charge is 2.17. The lowest BCUT2D eigenvalue weighted by atomic mass is 10.2. The summed E-state index contributed by atoms with van der Waals surface area (Å²) in [5, 5.41) is 0. The van der Waals surface area contributed by atoms with Gasteiger partial charge in [0.25, 0.3) is 5.91 Å². The Kier molecular flexibility index (Phi) is 3.00. The van der Waals surface area contributed by atoms with Gasteiger partial charge in [-0.15, -0.1) is 0 Å². The number of hydrogen-bond donors (Lipinski definition) is 0. The highest BCUT2D eigenvalue weighted by Crippen LogP contribution is 2.18. The van der Waals surface area contributed by atoms with Crippen LogP contribution in [0.1, 0.15) is 21.9 Å². The number of hydrogen-bond acceptors (Lipinski definition) is 2. The Morgan fingerprint density at radius 2 is 1.82 bits per heavy atom. The largest absolute Gasteiger partial charge is 0.456 e. The maximum absolute atomic E-state index is 12.1. The van der Waals surface area contributed by atoms with Crippen molar-refractivity contribution in [1.29, 1.82) is 0 Å². The fourth-order valence-corrected chi connectivity index (χ4v) is 1.61. The van der Waals surface area contributed by atoms with Gasteiger partial charge in [-0.3, -0.25) is 4.79 Å². The normalized spacial score (nSPS) is 10.3. The van der Waals surface area contributed by atoms with E-state index in [1.165, 1.54) is 0 Å². The van der Waals surface area contributed by atoms with Gasteiger partial charge in [-0.25, -0.2) is 0 Å². The van der Waals surface area contributed by atoms with E-state index >= 15 is 0 Å². The minimum Gasteiger partial charge on any atom is -0.456 e. The zero-order chi connectivity index (χ0) is 12.4. The lowest BCUT2D eigenvalue weighted by Gasteiger charge is -2.15. The van der Waals surface area contributed by atoms with Crippen molar-refractivity contribution in [3.05, 3.63) is 53.5 Å². The first-order chi connectivity index (χ1) is 8.09. The summed E-state index contributed by atoms with van der Waals surface area (Å²) in [6, 6.07) is 11.3. The molecule has 1 amide bonds. The molecule has 0 atom stereocenters. The molecule has 17 heavy (non-hydrogen) atoms. The Morgan fingerprint density at radius 1 is 1.18 bits per heavy atom. The molecule has 3 heteroatoms. The van der Waals surface area contributed by atoms with Crippen molar-refractivity contribution in [2.45, 2.75) is 13.8 Å². The fraction of sp³-hybridized carbons (Fsp3) is 0.214. The summed E-state index contributed by atoms with van der Waals surface area (Å²) in [6.07, 6.45) is 0. The third kappa shape index (κ3) is 2.23. The van der Waals surface area contributed by atoms with E-state index in [-0.39, 0.29) is 5.91 Å². The molecule has 0 saturated heterocycles. The minimum absolute atomic E-state index is 0.132. The molecule has 0 fully saturated rings. The van der Waals surface area contributed by atoms with Gasteiger partial charge in [0, 0.05) is 12.7 Å². The minimum atomic E-state index is -0.132. The van der Waals surface area contributed by atoms with Gasteiger partial charge in [0.05, 0.1) is 0 Å². The average molecular weight is 229 g/mol. The zero-order valence-electron chi connectivity index (χ0n) is 10.2. The van der Waals surface area contributed by atoms with E-state index < -0.39 is 0 Å². The van der Waals surface area contributed by atoms with E-state index in [2.05, 4.69) is 0 Å². The number of benzene rings is 1. The smallest absolute Gasteiger partial charge is 0.293 e. The number of nitrogens with zero attached hydrogens (tertiary/aromatic N) is 1. The van der Waals surface area contributed by atoms with Crippen molar-refractivity contribution in [2.75, 3.05) is 11.9 Å². The third-order valence-electron chi connectivity index (χ3n) is 2.82. The van der Waals surface area contributed by atoms with Gasteiger partial charge < -0.3 is 9.32 Å². The summed E-state index contributed by atoms with van der Waals surface area (Å²) >= 11 is 0. The summed E-state index contributed by atoms with van der Waals surface area (Å²) < 4.78 is 5.43. The van der Waals surface area contributed by atoms with Crippen LogP contribution in [0.15, 0.2) is 40.8 Å². The Labute approximate surface area is 101 Å². The van der Waals surface area contributed by atoms with Crippen LogP contribution in [0.5, 0.6) is 0 Å². The van der Waals surface area contributed by atoms with Crippen LogP contribution in [0.4, 0.5) is 5.69 Å². The second-order valence-corrected chi connectivity index (χ2v) is 4.05. The summed E-state index contributed by atoms with van der Waals surface area (Å²) in [6.45, 7) is 3.78. The molecule has 3 nitrogen and oxygen atoms in total.